The number of nitrogens with one attached hydrogen (secondary N) is 1. The van der Waals surface area contributed by atoms with Crippen LogP contribution in [-0.2, 0) is 4.74 Å². The second kappa shape index (κ2) is 6.31. The molecule has 0 aromatic carbocycles. The number of aliphatic hydroxyl groups is 3. The average molecular weight is 205 g/mol. The fourth-order valence-electron chi connectivity index (χ4n) is 1.48. The molecule has 5 heteroatoms. The number of hydrogen-bond donors (Lipinski definition) is 4. The fourth-order valence-corrected chi connectivity index (χ4v) is 1.48. The van der Waals surface area contributed by atoms with Crippen molar-refractivity contribution in [2.75, 3.05) is 26.3 Å². The monoisotopic (exact) mass is 205 g/mol. The second-order valence-electron chi connectivity index (χ2n) is 3.67. The van der Waals surface area contributed by atoms with Crippen molar-refractivity contribution in [3.05, 3.63) is 0 Å². The highest BCUT2D eigenvalue weighted by Crippen LogP contribution is 2.12. The van der Waals surface area contributed by atoms with E-state index in [2.05, 4.69) is 5.32 Å². The highest BCUT2D eigenvalue weighted by Gasteiger charge is 2.20. The molecule has 5 nitrogen and oxygen atoms in total. The van der Waals surface area contributed by atoms with Crippen LogP contribution in [0.4, 0.5) is 0 Å². The van der Waals surface area contributed by atoms with Gasteiger partial charge in [0.05, 0.1) is 24.9 Å². The van der Waals surface area contributed by atoms with Gasteiger partial charge >= 0.3 is 0 Å². The van der Waals surface area contributed by atoms with E-state index >= 15 is 0 Å². The Kier molecular flexibility index (Phi) is 5.36. The van der Waals surface area contributed by atoms with Crippen LogP contribution in [0.2, 0.25) is 0 Å². The number of aliphatic hydroxyl groups excluding tert-OH is 3. The molecule has 1 rings (SSSR count). The first kappa shape index (κ1) is 11.9. The third-order valence-electron chi connectivity index (χ3n) is 2.30. The fraction of sp³-hybridized carbons (Fsp3) is 1.00. The summed E-state index contributed by atoms with van der Waals surface area (Å²) >= 11 is 0. The highest BCUT2D eigenvalue weighted by atomic mass is 16.5. The van der Waals surface area contributed by atoms with Crippen LogP contribution in [0.15, 0.2) is 0 Å². The molecule has 1 heterocycles. The van der Waals surface area contributed by atoms with E-state index in [1.165, 1.54) is 0 Å². The van der Waals surface area contributed by atoms with Crippen molar-refractivity contribution < 1.29 is 20.1 Å². The molecule has 0 aromatic heterocycles. The van der Waals surface area contributed by atoms with Gasteiger partial charge in [-0.15, -0.1) is 0 Å². The van der Waals surface area contributed by atoms with Crippen LogP contribution in [0.1, 0.15) is 12.8 Å². The van der Waals surface area contributed by atoms with Crippen molar-refractivity contribution in [3.8, 4) is 0 Å². The van der Waals surface area contributed by atoms with Gasteiger partial charge in [0.15, 0.2) is 0 Å². The summed E-state index contributed by atoms with van der Waals surface area (Å²) in [5.41, 5.74) is 0. The third kappa shape index (κ3) is 4.34. The summed E-state index contributed by atoms with van der Waals surface area (Å²) < 4.78 is 5.40. The summed E-state index contributed by atoms with van der Waals surface area (Å²) in [6.07, 6.45) is 0.379. The Morgan fingerprint density at radius 2 is 2.29 bits per heavy atom. The van der Waals surface area contributed by atoms with Crippen molar-refractivity contribution in [1.82, 2.24) is 5.32 Å². The van der Waals surface area contributed by atoms with Crippen molar-refractivity contribution >= 4 is 0 Å². The Balaban J connectivity index is 2.05. The minimum absolute atomic E-state index is 0.0182. The Labute approximate surface area is 83.7 Å². The van der Waals surface area contributed by atoms with Crippen molar-refractivity contribution in [2.24, 2.45) is 0 Å². The lowest BCUT2D eigenvalue weighted by molar-refractivity contribution is -0.0428. The molecule has 3 atom stereocenters. The Morgan fingerprint density at radius 1 is 1.50 bits per heavy atom. The van der Waals surface area contributed by atoms with Crippen LogP contribution in [-0.4, -0.2) is 59.9 Å². The lowest BCUT2D eigenvalue weighted by Gasteiger charge is -2.26. The van der Waals surface area contributed by atoms with Gasteiger partial charge in [0.1, 0.15) is 0 Å². The topological polar surface area (TPSA) is 82.0 Å². The van der Waals surface area contributed by atoms with Gasteiger partial charge in [0.25, 0.3) is 0 Å². The molecule has 84 valence electrons. The van der Waals surface area contributed by atoms with Gasteiger partial charge in [-0.25, -0.2) is 0 Å². The molecule has 1 fully saturated rings. The smallest absolute Gasteiger partial charge is 0.0894 e. The summed E-state index contributed by atoms with van der Waals surface area (Å²) in [5.74, 6) is 0. The van der Waals surface area contributed by atoms with Crippen LogP contribution < -0.4 is 5.32 Å². The molecular formula is C9H19NO4. The van der Waals surface area contributed by atoms with Crippen molar-refractivity contribution in [1.29, 1.82) is 0 Å². The molecule has 0 amide bonds. The molecule has 1 aliphatic heterocycles. The zero-order valence-electron chi connectivity index (χ0n) is 8.22. The average Bonchev–Trinajstić information content (AvgIpc) is 2.17. The maximum absolute atomic E-state index is 9.34. The van der Waals surface area contributed by atoms with E-state index in [-0.39, 0.29) is 18.8 Å². The molecular weight excluding hydrogens is 186 g/mol. The molecule has 0 aromatic rings. The van der Waals surface area contributed by atoms with E-state index in [0.717, 1.165) is 0 Å². The van der Waals surface area contributed by atoms with Crippen LogP contribution in [0.3, 0.4) is 0 Å². The molecule has 0 radical (unpaired) electrons. The van der Waals surface area contributed by atoms with E-state index in [9.17, 15) is 5.11 Å². The number of rotatable bonds is 5. The minimum Gasteiger partial charge on any atom is -0.394 e. The maximum atomic E-state index is 9.34. The summed E-state index contributed by atoms with van der Waals surface area (Å²) in [5, 5.41) is 29.9. The molecule has 4 N–H and O–H groups in total. The molecule has 1 unspecified atom stereocenters. The van der Waals surface area contributed by atoms with Gasteiger partial charge in [-0.05, 0) is 6.42 Å². The van der Waals surface area contributed by atoms with Crippen LogP contribution in [0.25, 0.3) is 0 Å². The number of hydrogen-bond acceptors (Lipinski definition) is 5. The first-order chi connectivity index (χ1) is 6.72. The van der Waals surface area contributed by atoms with Gasteiger partial charge in [0, 0.05) is 26.1 Å². The van der Waals surface area contributed by atoms with Crippen LogP contribution in [0.5, 0.6) is 0 Å². The van der Waals surface area contributed by atoms with E-state index in [0.29, 0.717) is 32.5 Å². The van der Waals surface area contributed by atoms with Crippen LogP contribution in [0, 0.1) is 0 Å². The van der Waals surface area contributed by atoms with E-state index in [4.69, 9.17) is 14.9 Å². The molecule has 1 saturated heterocycles. The molecule has 14 heavy (non-hydrogen) atoms. The lowest BCUT2D eigenvalue weighted by Crippen LogP contribution is -2.39. The maximum Gasteiger partial charge on any atom is 0.0894 e. The van der Waals surface area contributed by atoms with E-state index in [1.807, 2.05) is 0 Å². The second-order valence-corrected chi connectivity index (χ2v) is 3.67. The molecule has 0 aliphatic carbocycles. The van der Waals surface area contributed by atoms with Gasteiger partial charge in [0.2, 0.25) is 0 Å². The molecule has 1 aliphatic rings. The predicted molar refractivity (Wildman–Crippen MR) is 50.9 cm³/mol. The molecule has 0 saturated carbocycles. The summed E-state index contributed by atoms with van der Waals surface area (Å²) in [6, 6.07) is 0. The van der Waals surface area contributed by atoms with Gasteiger partial charge in [-0.3, -0.25) is 0 Å². The lowest BCUT2D eigenvalue weighted by atomic mass is 10.1. The quantitative estimate of drug-likeness (QED) is 0.438. The van der Waals surface area contributed by atoms with E-state index < -0.39 is 6.10 Å². The van der Waals surface area contributed by atoms with Gasteiger partial charge in [-0.2, -0.15) is 0 Å². The Morgan fingerprint density at radius 3 is 2.93 bits per heavy atom. The molecule has 0 spiro atoms. The molecule has 0 bridgehead atoms. The standard InChI is InChI=1S/C9H19NO4/c11-6-8(13)4-10-5-9-3-7(12)1-2-14-9/h7-13H,1-6H2/t7-,8?,9+/m1/s1. The minimum atomic E-state index is -0.719. The SMILES string of the molecule is OCC(O)CNC[C@@H]1C[C@H](O)CCO1. The third-order valence-corrected chi connectivity index (χ3v) is 2.30. The first-order valence-corrected chi connectivity index (χ1v) is 5.01. The van der Waals surface area contributed by atoms with Crippen molar-refractivity contribution in [2.45, 2.75) is 31.2 Å². The Hall–Kier alpha value is -0.200. The van der Waals surface area contributed by atoms with E-state index in [1.54, 1.807) is 0 Å². The highest BCUT2D eigenvalue weighted by molar-refractivity contribution is 4.73. The van der Waals surface area contributed by atoms with Crippen molar-refractivity contribution in [3.63, 3.8) is 0 Å². The zero-order valence-corrected chi connectivity index (χ0v) is 8.22. The van der Waals surface area contributed by atoms with Crippen LogP contribution >= 0.6 is 0 Å². The zero-order chi connectivity index (χ0) is 10.4. The normalized spacial score (nSPS) is 30.2. The summed E-state index contributed by atoms with van der Waals surface area (Å²) in [7, 11) is 0. The summed E-state index contributed by atoms with van der Waals surface area (Å²) in [6.45, 7) is 1.32. The number of ether oxygens (including phenoxy) is 1. The van der Waals surface area contributed by atoms with Gasteiger partial charge in [-0.1, -0.05) is 0 Å². The predicted octanol–water partition coefficient (Wildman–Crippen LogP) is -1.53. The van der Waals surface area contributed by atoms with Gasteiger partial charge < -0.3 is 25.4 Å². The summed E-state index contributed by atoms with van der Waals surface area (Å²) in [4.78, 5) is 0. The Bertz CT molecular complexity index is 156. The largest absolute Gasteiger partial charge is 0.394 e. The first-order valence-electron chi connectivity index (χ1n) is 5.01.